The Balaban J connectivity index is 2.23. The van der Waals surface area contributed by atoms with Crippen molar-refractivity contribution in [1.82, 2.24) is 10.6 Å². The molecule has 0 bridgehead atoms. The van der Waals surface area contributed by atoms with Crippen LogP contribution < -0.4 is 10.6 Å². The molecule has 0 saturated carbocycles. The normalized spacial score (nSPS) is 23.1. The number of hydrogen-bond acceptors (Lipinski definition) is 2. The number of hydrogen-bond donors (Lipinski definition) is 2. The van der Waals surface area contributed by atoms with Crippen LogP contribution in [-0.2, 0) is 4.79 Å². The van der Waals surface area contributed by atoms with Crippen LogP contribution in [0, 0.1) is 11.3 Å². The summed E-state index contributed by atoms with van der Waals surface area (Å²) in [6.07, 6.45) is 5.86. The monoisotopic (exact) mass is 254 g/mol. The van der Waals surface area contributed by atoms with Gasteiger partial charge in [0.15, 0.2) is 0 Å². The maximum Gasteiger partial charge on any atom is 0.237 e. The highest BCUT2D eigenvalue weighted by Gasteiger charge is 2.36. The molecule has 2 N–H and O–H groups in total. The van der Waals surface area contributed by atoms with Gasteiger partial charge in [0.25, 0.3) is 0 Å². The van der Waals surface area contributed by atoms with Gasteiger partial charge in [0.05, 0.1) is 6.04 Å². The fourth-order valence-corrected chi connectivity index (χ4v) is 2.65. The molecule has 1 amide bonds. The summed E-state index contributed by atoms with van der Waals surface area (Å²) in [6, 6.07) is -0.0173. The van der Waals surface area contributed by atoms with Crippen LogP contribution in [0.2, 0.25) is 0 Å². The Labute approximate surface area is 112 Å². The van der Waals surface area contributed by atoms with Crippen molar-refractivity contribution in [3.8, 4) is 0 Å². The molecule has 1 atom stereocenters. The molecule has 1 rings (SSSR count). The molecule has 0 aromatic carbocycles. The molecule has 0 spiro atoms. The minimum absolute atomic E-state index is 0.0173. The second-order valence-corrected chi connectivity index (χ2v) is 6.66. The van der Waals surface area contributed by atoms with Crippen molar-refractivity contribution >= 4 is 5.91 Å². The number of nitrogens with one attached hydrogen (secondary N) is 2. The Morgan fingerprint density at radius 2 is 2.11 bits per heavy atom. The maximum absolute atomic E-state index is 12.1. The van der Waals surface area contributed by atoms with Crippen molar-refractivity contribution in [3.63, 3.8) is 0 Å². The Hall–Kier alpha value is -0.570. The number of unbranched alkanes of at least 4 members (excludes halogenated alkanes) is 1. The predicted molar refractivity (Wildman–Crippen MR) is 76.5 cm³/mol. The summed E-state index contributed by atoms with van der Waals surface area (Å²) >= 11 is 0. The topological polar surface area (TPSA) is 41.1 Å². The lowest BCUT2D eigenvalue weighted by Crippen LogP contribution is -2.55. The van der Waals surface area contributed by atoms with Crippen LogP contribution in [0.4, 0.5) is 0 Å². The Morgan fingerprint density at radius 3 is 2.72 bits per heavy atom. The molecule has 0 aromatic heterocycles. The number of amides is 1. The van der Waals surface area contributed by atoms with E-state index in [1.165, 1.54) is 19.3 Å². The zero-order valence-corrected chi connectivity index (χ0v) is 12.5. The molecule has 1 aliphatic rings. The lowest BCUT2D eigenvalue weighted by atomic mass is 9.77. The van der Waals surface area contributed by atoms with E-state index in [1.54, 1.807) is 0 Å². The van der Waals surface area contributed by atoms with Gasteiger partial charge in [-0.05, 0) is 37.1 Å². The highest BCUT2D eigenvalue weighted by Crippen LogP contribution is 2.30. The van der Waals surface area contributed by atoms with E-state index in [9.17, 15) is 4.79 Å². The van der Waals surface area contributed by atoms with Gasteiger partial charge in [-0.2, -0.15) is 0 Å². The average Bonchev–Trinajstić information content (AvgIpc) is 2.27. The largest absolute Gasteiger partial charge is 0.355 e. The summed E-state index contributed by atoms with van der Waals surface area (Å²) in [5, 5.41) is 6.44. The second-order valence-electron chi connectivity index (χ2n) is 6.66. The van der Waals surface area contributed by atoms with Crippen LogP contribution in [0.3, 0.4) is 0 Å². The second kappa shape index (κ2) is 7.13. The molecular formula is C15H30N2O. The molecular weight excluding hydrogens is 224 g/mol. The van der Waals surface area contributed by atoms with Crippen molar-refractivity contribution in [2.24, 2.45) is 11.3 Å². The van der Waals surface area contributed by atoms with Crippen molar-refractivity contribution in [2.75, 3.05) is 13.1 Å². The zero-order chi connectivity index (χ0) is 13.6. The third kappa shape index (κ3) is 4.97. The smallest absolute Gasteiger partial charge is 0.237 e. The van der Waals surface area contributed by atoms with Crippen molar-refractivity contribution in [2.45, 2.75) is 65.8 Å². The fourth-order valence-electron chi connectivity index (χ4n) is 2.65. The molecule has 1 unspecified atom stereocenters. The van der Waals surface area contributed by atoms with E-state index in [0.29, 0.717) is 0 Å². The molecule has 1 saturated heterocycles. The highest BCUT2D eigenvalue weighted by molar-refractivity contribution is 5.82. The van der Waals surface area contributed by atoms with Crippen LogP contribution >= 0.6 is 0 Å². The summed E-state index contributed by atoms with van der Waals surface area (Å²) in [5.41, 5.74) is 0.0836. The number of carbonyl (C=O) groups is 1. The van der Waals surface area contributed by atoms with Gasteiger partial charge in [0.1, 0.15) is 0 Å². The number of rotatable bonds is 6. The van der Waals surface area contributed by atoms with Gasteiger partial charge in [-0.25, -0.2) is 0 Å². The van der Waals surface area contributed by atoms with Crippen LogP contribution in [0.25, 0.3) is 0 Å². The van der Waals surface area contributed by atoms with E-state index in [4.69, 9.17) is 0 Å². The fraction of sp³-hybridized carbons (Fsp3) is 0.933. The Bertz CT molecular complexity index is 261. The van der Waals surface area contributed by atoms with E-state index >= 15 is 0 Å². The first-order valence-corrected chi connectivity index (χ1v) is 7.44. The minimum atomic E-state index is -0.0173. The van der Waals surface area contributed by atoms with Gasteiger partial charge in [0, 0.05) is 6.54 Å². The summed E-state index contributed by atoms with van der Waals surface area (Å²) in [6.45, 7) is 10.6. The van der Waals surface area contributed by atoms with Gasteiger partial charge in [-0.3, -0.25) is 4.79 Å². The molecule has 0 aliphatic carbocycles. The van der Waals surface area contributed by atoms with Gasteiger partial charge >= 0.3 is 0 Å². The molecule has 3 nitrogen and oxygen atoms in total. The zero-order valence-electron chi connectivity index (χ0n) is 12.5. The first-order chi connectivity index (χ1) is 8.43. The standard InChI is InChI=1S/C15H30N2O/c1-12(2)8-5-6-10-17-14(18)13-15(3,4)9-7-11-16-13/h12-13,16H,5-11H2,1-4H3,(H,17,18). The minimum Gasteiger partial charge on any atom is -0.355 e. The highest BCUT2D eigenvalue weighted by atomic mass is 16.2. The molecule has 1 fully saturated rings. The first-order valence-electron chi connectivity index (χ1n) is 7.44. The van der Waals surface area contributed by atoms with Gasteiger partial charge in [-0.15, -0.1) is 0 Å². The van der Waals surface area contributed by atoms with Crippen molar-refractivity contribution < 1.29 is 4.79 Å². The lowest BCUT2D eigenvalue weighted by molar-refractivity contribution is -0.126. The quantitative estimate of drug-likeness (QED) is 0.716. The van der Waals surface area contributed by atoms with Crippen molar-refractivity contribution in [1.29, 1.82) is 0 Å². The summed E-state index contributed by atoms with van der Waals surface area (Å²) in [7, 11) is 0. The average molecular weight is 254 g/mol. The third-order valence-electron chi connectivity index (χ3n) is 3.90. The summed E-state index contributed by atoms with van der Waals surface area (Å²) in [5.74, 6) is 0.948. The van der Waals surface area contributed by atoms with Crippen LogP contribution in [-0.4, -0.2) is 25.0 Å². The lowest BCUT2D eigenvalue weighted by Gasteiger charge is -2.38. The number of piperidine rings is 1. The van der Waals surface area contributed by atoms with E-state index in [2.05, 4.69) is 38.3 Å². The van der Waals surface area contributed by atoms with Gasteiger partial charge < -0.3 is 10.6 Å². The molecule has 3 heteroatoms. The maximum atomic E-state index is 12.1. The predicted octanol–water partition coefficient (Wildman–Crippen LogP) is 2.71. The molecule has 1 aliphatic heterocycles. The number of carbonyl (C=O) groups excluding carboxylic acids is 1. The SMILES string of the molecule is CC(C)CCCCNC(=O)C1NCCCC1(C)C. The van der Waals surface area contributed by atoms with Crippen LogP contribution in [0.15, 0.2) is 0 Å². The third-order valence-corrected chi connectivity index (χ3v) is 3.90. The molecule has 0 radical (unpaired) electrons. The molecule has 106 valence electrons. The molecule has 0 aromatic rings. The summed E-state index contributed by atoms with van der Waals surface area (Å²) < 4.78 is 0. The molecule has 1 heterocycles. The summed E-state index contributed by atoms with van der Waals surface area (Å²) in [4.78, 5) is 12.1. The van der Waals surface area contributed by atoms with Crippen molar-refractivity contribution in [3.05, 3.63) is 0 Å². The Kier molecular flexibility index (Phi) is 6.13. The van der Waals surface area contributed by atoms with Crippen LogP contribution in [0.5, 0.6) is 0 Å². The Morgan fingerprint density at radius 1 is 1.39 bits per heavy atom. The van der Waals surface area contributed by atoms with E-state index < -0.39 is 0 Å². The van der Waals surface area contributed by atoms with E-state index in [-0.39, 0.29) is 17.4 Å². The molecule has 18 heavy (non-hydrogen) atoms. The van der Waals surface area contributed by atoms with Crippen LogP contribution in [0.1, 0.15) is 59.8 Å². The van der Waals surface area contributed by atoms with Gasteiger partial charge in [0.2, 0.25) is 5.91 Å². The van der Waals surface area contributed by atoms with E-state index in [1.807, 2.05) is 0 Å². The van der Waals surface area contributed by atoms with E-state index in [0.717, 1.165) is 31.8 Å². The van der Waals surface area contributed by atoms with Gasteiger partial charge in [-0.1, -0.05) is 40.5 Å². The first kappa shape index (κ1) is 15.5.